The number of rotatable bonds is 6. The summed E-state index contributed by atoms with van der Waals surface area (Å²) in [6.07, 6.45) is 6.07. The van der Waals surface area contributed by atoms with Crippen LogP contribution in [0.1, 0.15) is 60.6 Å². The molecule has 0 saturated heterocycles. The third kappa shape index (κ3) is 3.43. The summed E-state index contributed by atoms with van der Waals surface area (Å²) in [6.45, 7) is 6.24. The molecule has 3 rings (SSSR count). The summed E-state index contributed by atoms with van der Waals surface area (Å²) in [5.41, 5.74) is 4.10. The Morgan fingerprint density at radius 2 is 2.14 bits per heavy atom. The molecular weight excluding hydrogens is 274 g/mol. The molecule has 0 saturated carbocycles. The summed E-state index contributed by atoms with van der Waals surface area (Å²) in [5, 5.41) is 7.77. The molecule has 0 aromatic carbocycles. The SMILES string of the molecule is Cc1ccc([C@H](C)CCN(C)Cc2n[nH]c3c2CCCC3)o1. The van der Waals surface area contributed by atoms with E-state index < -0.39 is 0 Å². The van der Waals surface area contributed by atoms with Crippen LogP contribution in [0, 0.1) is 6.92 Å². The van der Waals surface area contributed by atoms with E-state index in [1.807, 2.05) is 13.0 Å². The van der Waals surface area contributed by atoms with Crippen LogP contribution < -0.4 is 0 Å². The molecule has 4 heteroatoms. The van der Waals surface area contributed by atoms with Crippen LogP contribution in [0.3, 0.4) is 0 Å². The Morgan fingerprint density at radius 1 is 1.32 bits per heavy atom. The number of aryl methyl sites for hydroxylation is 2. The molecule has 2 aromatic heterocycles. The van der Waals surface area contributed by atoms with Crippen LogP contribution in [0.2, 0.25) is 0 Å². The number of aromatic amines is 1. The molecule has 120 valence electrons. The van der Waals surface area contributed by atoms with Gasteiger partial charge in [0.1, 0.15) is 11.5 Å². The van der Waals surface area contributed by atoms with E-state index in [-0.39, 0.29) is 0 Å². The quantitative estimate of drug-likeness (QED) is 0.882. The van der Waals surface area contributed by atoms with Gasteiger partial charge in [0.05, 0.1) is 5.69 Å². The fraction of sp³-hybridized carbons (Fsp3) is 0.611. The minimum Gasteiger partial charge on any atom is -0.466 e. The standard InChI is InChI=1S/C18H27N3O/c1-13(18-9-8-14(2)22-18)10-11-21(3)12-17-15-6-4-5-7-16(15)19-20-17/h8-9,13H,4-7,10-12H2,1-3H3,(H,19,20)/t13-/m1/s1. The van der Waals surface area contributed by atoms with Gasteiger partial charge in [-0.3, -0.25) is 5.10 Å². The third-order valence-corrected chi connectivity index (χ3v) is 4.75. The summed E-state index contributed by atoms with van der Waals surface area (Å²) in [7, 11) is 2.18. The lowest BCUT2D eigenvalue weighted by molar-refractivity contribution is 0.300. The van der Waals surface area contributed by atoms with E-state index in [1.165, 1.54) is 42.6 Å². The Morgan fingerprint density at radius 3 is 2.91 bits per heavy atom. The number of nitrogens with one attached hydrogen (secondary N) is 1. The van der Waals surface area contributed by atoms with Gasteiger partial charge < -0.3 is 9.32 Å². The molecule has 1 aliphatic carbocycles. The van der Waals surface area contributed by atoms with Gasteiger partial charge in [0.2, 0.25) is 0 Å². The lowest BCUT2D eigenvalue weighted by atomic mass is 9.96. The summed E-state index contributed by atoms with van der Waals surface area (Å²) in [5.74, 6) is 2.56. The molecule has 1 N–H and O–H groups in total. The molecule has 1 atom stereocenters. The topological polar surface area (TPSA) is 45.1 Å². The average molecular weight is 301 g/mol. The van der Waals surface area contributed by atoms with E-state index in [0.29, 0.717) is 5.92 Å². The van der Waals surface area contributed by atoms with Crippen molar-refractivity contribution in [2.24, 2.45) is 0 Å². The normalized spacial score (nSPS) is 16.0. The molecule has 0 fully saturated rings. The van der Waals surface area contributed by atoms with E-state index in [9.17, 15) is 0 Å². The molecular formula is C18H27N3O. The predicted octanol–water partition coefficient (Wildman–Crippen LogP) is 3.82. The number of H-pyrrole nitrogens is 1. The molecule has 0 spiro atoms. The molecule has 0 amide bonds. The lowest BCUT2D eigenvalue weighted by Crippen LogP contribution is -2.21. The van der Waals surface area contributed by atoms with Crippen molar-refractivity contribution < 1.29 is 4.42 Å². The zero-order valence-electron chi connectivity index (χ0n) is 14.0. The molecule has 22 heavy (non-hydrogen) atoms. The first-order valence-corrected chi connectivity index (χ1v) is 8.43. The molecule has 2 heterocycles. The maximum Gasteiger partial charge on any atom is 0.107 e. The maximum absolute atomic E-state index is 5.72. The molecule has 1 aliphatic rings. The van der Waals surface area contributed by atoms with Crippen LogP contribution >= 0.6 is 0 Å². The van der Waals surface area contributed by atoms with E-state index in [4.69, 9.17) is 4.42 Å². The Kier molecular flexibility index (Phi) is 4.67. The van der Waals surface area contributed by atoms with Gasteiger partial charge in [0.25, 0.3) is 0 Å². The highest BCUT2D eigenvalue weighted by Gasteiger charge is 2.18. The van der Waals surface area contributed by atoms with Gasteiger partial charge in [0.15, 0.2) is 0 Å². The predicted molar refractivity (Wildman–Crippen MR) is 88.0 cm³/mol. The molecule has 0 radical (unpaired) electrons. The minimum atomic E-state index is 0.462. The zero-order valence-corrected chi connectivity index (χ0v) is 14.0. The highest BCUT2D eigenvalue weighted by atomic mass is 16.3. The van der Waals surface area contributed by atoms with Gasteiger partial charge in [-0.1, -0.05) is 6.92 Å². The second kappa shape index (κ2) is 6.69. The minimum absolute atomic E-state index is 0.462. The number of hydrogen-bond donors (Lipinski definition) is 1. The van der Waals surface area contributed by atoms with Gasteiger partial charge in [-0.15, -0.1) is 0 Å². The highest BCUT2D eigenvalue weighted by molar-refractivity contribution is 5.27. The molecule has 0 aliphatic heterocycles. The summed E-state index contributed by atoms with van der Waals surface area (Å²) >= 11 is 0. The summed E-state index contributed by atoms with van der Waals surface area (Å²) < 4.78 is 5.72. The van der Waals surface area contributed by atoms with Crippen molar-refractivity contribution in [1.82, 2.24) is 15.1 Å². The van der Waals surface area contributed by atoms with Crippen LogP contribution in [0.5, 0.6) is 0 Å². The van der Waals surface area contributed by atoms with Gasteiger partial charge in [-0.25, -0.2) is 0 Å². The van der Waals surface area contributed by atoms with Crippen LogP contribution in [0.25, 0.3) is 0 Å². The van der Waals surface area contributed by atoms with Gasteiger partial charge in [0, 0.05) is 18.2 Å². The zero-order chi connectivity index (χ0) is 15.5. The van der Waals surface area contributed by atoms with Crippen LogP contribution in [0.15, 0.2) is 16.5 Å². The maximum atomic E-state index is 5.72. The van der Waals surface area contributed by atoms with Crippen molar-refractivity contribution >= 4 is 0 Å². The second-order valence-electron chi connectivity index (χ2n) is 6.71. The highest BCUT2D eigenvalue weighted by Crippen LogP contribution is 2.24. The fourth-order valence-electron chi connectivity index (χ4n) is 3.29. The van der Waals surface area contributed by atoms with Crippen molar-refractivity contribution in [3.8, 4) is 0 Å². The Hall–Kier alpha value is -1.55. The Labute approximate surface area is 132 Å². The van der Waals surface area contributed by atoms with Crippen molar-refractivity contribution in [2.75, 3.05) is 13.6 Å². The molecule has 0 unspecified atom stereocenters. The first-order chi connectivity index (χ1) is 10.6. The lowest BCUT2D eigenvalue weighted by Gasteiger charge is -2.19. The number of nitrogens with zero attached hydrogens (tertiary/aromatic N) is 2. The average Bonchev–Trinajstić information content (AvgIpc) is 3.12. The summed E-state index contributed by atoms with van der Waals surface area (Å²) in [6, 6.07) is 4.15. The Bertz CT molecular complexity index is 614. The van der Waals surface area contributed by atoms with Gasteiger partial charge >= 0.3 is 0 Å². The number of fused-ring (bicyclic) bond motifs is 1. The summed E-state index contributed by atoms with van der Waals surface area (Å²) in [4.78, 5) is 2.37. The number of aromatic nitrogens is 2. The van der Waals surface area contributed by atoms with E-state index in [2.05, 4.69) is 35.1 Å². The van der Waals surface area contributed by atoms with E-state index in [1.54, 1.807) is 0 Å². The molecule has 4 nitrogen and oxygen atoms in total. The first kappa shape index (κ1) is 15.3. The molecule has 0 bridgehead atoms. The first-order valence-electron chi connectivity index (χ1n) is 8.43. The van der Waals surface area contributed by atoms with Crippen molar-refractivity contribution in [1.29, 1.82) is 0 Å². The third-order valence-electron chi connectivity index (χ3n) is 4.75. The van der Waals surface area contributed by atoms with E-state index >= 15 is 0 Å². The van der Waals surface area contributed by atoms with Crippen LogP contribution in [-0.4, -0.2) is 28.7 Å². The fourth-order valence-corrected chi connectivity index (χ4v) is 3.29. The number of hydrogen-bond acceptors (Lipinski definition) is 3. The molecule has 2 aromatic rings. The second-order valence-corrected chi connectivity index (χ2v) is 6.71. The van der Waals surface area contributed by atoms with Gasteiger partial charge in [-0.05, 0) is 70.3 Å². The largest absolute Gasteiger partial charge is 0.466 e. The monoisotopic (exact) mass is 301 g/mol. The van der Waals surface area contributed by atoms with Crippen molar-refractivity contribution in [3.63, 3.8) is 0 Å². The van der Waals surface area contributed by atoms with Crippen molar-refractivity contribution in [2.45, 2.75) is 58.4 Å². The van der Waals surface area contributed by atoms with Crippen LogP contribution in [0.4, 0.5) is 0 Å². The van der Waals surface area contributed by atoms with Crippen LogP contribution in [-0.2, 0) is 19.4 Å². The van der Waals surface area contributed by atoms with E-state index in [0.717, 1.165) is 31.0 Å². The van der Waals surface area contributed by atoms with Crippen molar-refractivity contribution in [3.05, 3.63) is 40.6 Å². The Balaban J connectivity index is 1.52. The number of furan rings is 1. The smallest absolute Gasteiger partial charge is 0.107 e. The van der Waals surface area contributed by atoms with Gasteiger partial charge in [-0.2, -0.15) is 5.10 Å².